The van der Waals surface area contributed by atoms with Crippen LogP contribution in [0, 0.1) is 5.95 Å². The number of nitrogens with zero attached hydrogens (tertiary/aromatic N) is 7. The lowest BCUT2D eigenvalue weighted by Crippen LogP contribution is -2.49. The highest BCUT2D eigenvalue weighted by molar-refractivity contribution is 6.76. The molecule has 1 unspecified atom stereocenters. The van der Waals surface area contributed by atoms with Crippen LogP contribution in [-0.2, 0) is 30.4 Å². The van der Waals surface area contributed by atoms with Crippen LogP contribution < -0.4 is 15.8 Å². The Morgan fingerprint density at radius 1 is 1.02 bits per heavy atom. The van der Waals surface area contributed by atoms with Crippen LogP contribution in [0.3, 0.4) is 0 Å². The molecule has 0 bridgehead atoms. The monoisotopic (exact) mass is 692 g/mol. The third-order valence-electron chi connectivity index (χ3n) is 7.32. The number of anilines is 2. The van der Waals surface area contributed by atoms with Gasteiger partial charge in [0.1, 0.15) is 12.3 Å². The lowest BCUT2D eigenvalue weighted by Gasteiger charge is -2.34. The normalized spacial score (nSPS) is 15.2. The molecular formula is C28H35F7N8O3Si. The number of amides is 1. The summed E-state index contributed by atoms with van der Waals surface area (Å²) >= 11 is 0. The van der Waals surface area contributed by atoms with Gasteiger partial charge in [-0.2, -0.15) is 35.8 Å². The number of rotatable bonds is 11. The Bertz CT molecular complexity index is 1600. The highest BCUT2D eigenvalue weighted by atomic mass is 28.3. The Morgan fingerprint density at radius 3 is 2.23 bits per heavy atom. The lowest BCUT2D eigenvalue weighted by atomic mass is 10.2. The van der Waals surface area contributed by atoms with Gasteiger partial charge >= 0.3 is 12.4 Å². The van der Waals surface area contributed by atoms with Gasteiger partial charge in [0, 0.05) is 78.1 Å². The van der Waals surface area contributed by atoms with Crippen LogP contribution in [0.4, 0.5) is 42.4 Å². The molecule has 0 saturated carbocycles. The summed E-state index contributed by atoms with van der Waals surface area (Å²) in [6, 6.07) is 0.928. The second-order valence-corrected chi connectivity index (χ2v) is 18.0. The Hall–Kier alpha value is -4.00. The van der Waals surface area contributed by atoms with Crippen molar-refractivity contribution in [2.75, 3.05) is 43.0 Å². The van der Waals surface area contributed by atoms with Crippen LogP contribution in [0.25, 0.3) is 0 Å². The van der Waals surface area contributed by atoms with E-state index in [0.29, 0.717) is 17.1 Å². The predicted molar refractivity (Wildman–Crippen MR) is 160 cm³/mol. The molecule has 1 aliphatic rings. The number of carbonyl (C=O) groups is 1. The van der Waals surface area contributed by atoms with Crippen molar-refractivity contribution in [1.82, 2.24) is 29.2 Å². The van der Waals surface area contributed by atoms with E-state index in [1.54, 1.807) is 4.90 Å². The first-order valence-corrected chi connectivity index (χ1v) is 18.3. The van der Waals surface area contributed by atoms with Crippen LogP contribution >= 0.6 is 0 Å². The smallest absolute Gasteiger partial charge is 0.379 e. The van der Waals surface area contributed by atoms with Gasteiger partial charge in [0.05, 0.1) is 23.0 Å². The van der Waals surface area contributed by atoms with Gasteiger partial charge in [-0.25, -0.2) is 14.6 Å². The summed E-state index contributed by atoms with van der Waals surface area (Å²) in [5.74, 6) is -1.23. The van der Waals surface area contributed by atoms with Gasteiger partial charge in [0.25, 0.3) is 11.5 Å². The average molecular weight is 693 g/mol. The van der Waals surface area contributed by atoms with E-state index in [9.17, 15) is 40.3 Å². The number of halogens is 7. The molecule has 1 atom stereocenters. The zero-order valence-electron chi connectivity index (χ0n) is 26.1. The van der Waals surface area contributed by atoms with Crippen molar-refractivity contribution in [3.8, 4) is 0 Å². The van der Waals surface area contributed by atoms with Crippen molar-refractivity contribution in [2.24, 2.45) is 0 Å². The van der Waals surface area contributed by atoms with Crippen molar-refractivity contribution in [3.05, 3.63) is 63.8 Å². The Labute approximate surface area is 266 Å². The molecule has 47 heavy (non-hydrogen) atoms. The summed E-state index contributed by atoms with van der Waals surface area (Å²) < 4.78 is 102. The van der Waals surface area contributed by atoms with Gasteiger partial charge in [-0.3, -0.25) is 9.59 Å². The summed E-state index contributed by atoms with van der Waals surface area (Å²) in [6.45, 7) is 8.22. The van der Waals surface area contributed by atoms with Gasteiger partial charge in [0.2, 0.25) is 5.95 Å². The SMILES string of the molecule is CC(Cn1cc(C(=O)N2CCN(c3ncc(C(F)(F)F)cn3)CC2)cc1F)Nc1cnn(COCC[Si](C)(C)C)c(=O)c1C(F)(F)F. The molecule has 0 spiro atoms. The minimum absolute atomic E-state index is 0.00306. The highest BCUT2D eigenvalue weighted by Crippen LogP contribution is 2.32. The summed E-state index contributed by atoms with van der Waals surface area (Å²) in [5, 5.41) is 6.41. The summed E-state index contributed by atoms with van der Waals surface area (Å²) in [6.07, 6.45) is -6.11. The zero-order valence-corrected chi connectivity index (χ0v) is 27.1. The molecule has 1 fully saturated rings. The van der Waals surface area contributed by atoms with Gasteiger partial charge in [-0.15, -0.1) is 0 Å². The predicted octanol–water partition coefficient (Wildman–Crippen LogP) is 4.79. The van der Waals surface area contributed by atoms with E-state index in [1.165, 1.54) is 18.0 Å². The van der Waals surface area contributed by atoms with E-state index in [2.05, 4.69) is 40.0 Å². The topological polar surface area (TPSA) is 110 Å². The molecule has 1 saturated heterocycles. The first-order chi connectivity index (χ1) is 21.8. The molecule has 0 radical (unpaired) electrons. The fourth-order valence-electron chi connectivity index (χ4n) is 4.76. The van der Waals surface area contributed by atoms with E-state index in [-0.39, 0.29) is 50.8 Å². The van der Waals surface area contributed by atoms with Gasteiger partial charge in [-0.05, 0) is 13.0 Å². The molecule has 1 aliphatic heterocycles. The Kier molecular flexibility index (Phi) is 10.7. The third-order valence-corrected chi connectivity index (χ3v) is 9.02. The van der Waals surface area contributed by atoms with E-state index < -0.39 is 67.4 Å². The summed E-state index contributed by atoms with van der Waals surface area (Å²) in [4.78, 5) is 36.4. The molecular weight excluding hydrogens is 657 g/mol. The fourth-order valence-corrected chi connectivity index (χ4v) is 5.51. The van der Waals surface area contributed by atoms with Crippen molar-refractivity contribution in [2.45, 2.75) is 64.3 Å². The van der Waals surface area contributed by atoms with Gasteiger partial charge in [-0.1, -0.05) is 19.6 Å². The van der Waals surface area contributed by atoms with Crippen LogP contribution in [0.15, 0.2) is 35.6 Å². The highest BCUT2D eigenvalue weighted by Gasteiger charge is 2.39. The molecule has 1 amide bonds. The fraction of sp³-hybridized carbons (Fsp3) is 0.536. The maximum atomic E-state index is 14.8. The molecule has 0 aliphatic carbocycles. The molecule has 258 valence electrons. The number of carbonyl (C=O) groups excluding carboxylic acids is 1. The minimum atomic E-state index is -5.01. The average Bonchev–Trinajstić information content (AvgIpc) is 3.33. The van der Waals surface area contributed by atoms with Crippen molar-refractivity contribution in [1.29, 1.82) is 0 Å². The standard InChI is InChI=1S/C28H35F7N8O3Si/c1-18(39-21-14-38-43(17-46-9-10-47(2,3)4)25(45)23(21)28(33,34)35)15-42-16-19(11-22(42)29)24(44)40-5-7-41(8-6-40)26-36-12-20(13-37-26)27(30,31)32/h11-14,16,18,39H,5-10,15,17H2,1-4H3. The van der Waals surface area contributed by atoms with Crippen molar-refractivity contribution in [3.63, 3.8) is 0 Å². The van der Waals surface area contributed by atoms with E-state index >= 15 is 0 Å². The molecule has 11 nitrogen and oxygen atoms in total. The first-order valence-electron chi connectivity index (χ1n) is 14.6. The second kappa shape index (κ2) is 14.0. The number of nitrogens with one attached hydrogen (secondary N) is 1. The van der Waals surface area contributed by atoms with E-state index in [4.69, 9.17) is 4.74 Å². The van der Waals surface area contributed by atoms with Crippen molar-refractivity contribution >= 4 is 25.6 Å². The number of hydrogen-bond donors (Lipinski definition) is 1. The number of ether oxygens (including phenoxy) is 1. The number of aromatic nitrogens is 5. The van der Waals surface area contributed by atoms with Crippen LogP contribution in [0.5, 0.6) is 0 Å². The molecule has 19 heteroatoms. The van der Waals surface area contributed by atoms with E-state index in [0.717, 1.165) is 22.9 Å². The largest absolute Gasteiger partial charge is 0.423 e. The van der Waals surface area contributed by atoms with Gasteiger partial charge < -0.3 is 24.4 Å². The molecule has 3 aromatic heterocycles. The molecule has 4 heterocycles. The van der Waals surface area contributed by atoms with Gasteiger partial charge in [0.15, 0.2) is 5.95 Å². The maximum absolute atomic E-state index is 14.8. The first kappa shape index (κ1) is 35.8. The summed E-state index contributed by atoms with van der Waals surface area (Å²) in [7, 11) is -1.45. The molecule has 3 aromatic rings. The number of piperazine rings is 1. The number of hydrogen-bond acceptors (Lipinski definition) is 8. The quantitative estimate of drug-likeness (QED) is 0.174. The molecule has 0 aromatic carbocycles. The zero-order chi connectivity index (χ0) is 34.7. The van der Waals surface area contributed by atoms with Crippen LogP contribution in [-0.4, -0.2) is 82.0 Å². The summed E-state index contributed by atoms with van der Waals surface area (Å²) in [5.41, 5.74) is -4.40. The Balaban J connectivity index is 1.37. The second-order valence-electron chi connectivity index (χ2n) is 12.4. The lowest BCUT2D eigenvalue weighted by molar-refractivity contribution is -0.139. The van der Waals surface area contributed by atoms with Crippen LogP contribution in [0.2, 0.25) is 25.7 Å². The maximum Gasteiger partial charge on any atom is 0.423 e. The van der Waals surface area contributed by atoms with Crippen LogP contribution in [0.1, 0.15) is 28.4 Å². The van der Waals surface area contributed by atoms with E-state index in [1.807, 2.05) is 0 Å². The molecule has 4 rings (SSSR count). The minimum Gasteiger partial charge on any atom is -0.379 e. The third kappa shape index (κ3) is 9.30. The number of alkyl halides is 6. The molecule has 1 N–H and O–H groups in total. The Morgan fingerprint density at radius 2 is 1.66 bits per heavy atom. The van der Waals surface area contributed by atoms with Crippen molar-refractivity contribution < 1.29 is 40.3 Å².